The third-order valence-electron chi connectivity index (χ3n) is 2.64. The van der Waals surface area contributed by atoms with Crippen molar-refractivity contribution in [3.05, 3.63) is 46.5 Å². The molecule has 1 rings (SSSR count). The summed E-state index contributed by atoms with van der Waals surface area (Å²) in [7, 11) is 0. The summed E-state index contributed by atoms with van der Waals surface area (Å²) in [5.74, 6) is -1.06. The fourth-order valence-corrected chi connectivity index (χ4v) is 2.13. The first-order valence-corrected chi connectivity index (χ1v) is 6.40. The molecule has 0 aromatic heterocycles. The Balaban J connectivity index is 2.66. The van der Waals surface area contributed by atoms with Gasteiger partial charge in [-0.25, -0.2) is 0 Å². The number of benzene rings is 1. The van der Waals surface area contributed by atoms with E-state index in [1.807, 2.05) is 31.2 Å². The zero-order chi connectivity index (χ0) is 12.8. The quantitative estimate of drug-likeness (QED) is 0.804. The SMILES string of the molecule is C=C(C)CCC(Cc1cccc(Br)c1)C(=O)O. The van der Waals surface area contributed by atoms with E-state index in [2.05, 4.69) is 22.5 Å². The molecule has 0 aliphatic rings. The molecule has 0 spiro atoms. The molecule has 1 aromatic carbocycles. The van der Waals surface area contributed by atoms with Gasteiger partial charge in [0, 0.05) is 4.47 Å². The van der Waals surface area contributed by atoms with Crippen molar-refractivity contribution in [2.45, 2.75) is 26.2 Å². The molecule has 1 aromatic rings. The molecule has 3 heteroatoms. The molecule has 1 atom stereocenters. The summed E-state index contributed by atoms with van der Waals surface area (Å²) in [6.07, 6.45) is 1.99. The number of rotatable bonds is 6. The first-order valence-electron chi connectivity index (χ1n) is 5.60. The van der Waals surface area contributed by atoms with Crippen molar-refractivity contribution in [1.29, 1.82) is 0 Å². The maximum atomic E-state index is 11.2. The summed E-state index contributed by atoms with van der Waals surface area (Å²) in [6, 6.07) is 7.79. The molecule has 0 aliphatic heterocycles. The summed E-state index contributed by atoms with van der Waals surface area (Å²) >= 11 is 3.39. The Hall–Kier alpha value is -1.09. The van der Waals surface area contributed by atoms with Gasteiger partial charge in [-0.1, -0.05) is 33.6 Å². The first kappa shape index (κ1) is 14.0. The third kappa shape index (κ3) is 5.18. The Labute approximate surface area is 110 Å². The molecule has 92 valence electrons. The molecular formula is C14H17BrO2. The zero-order valence-electron chi connectivity index (χ0n) is 9.95. The number of carboxylic acids is 1. The van der Waals surface area contributed by atoms with Gasteiger partial charge < -0.3 is 5.11 Å². The van der Waals surface area contributed by atoms with E-state index in [1.54, 1.807) is 0 Å². The Morgan fingerprint density at radius 1 is 1.53 bits per heavy atom. The average molecular weight is 297 g/mol. The molecule has 0 amide bonds. The number of hydrogen-bond donors (Lipinski definition) is 1. The molecular weight excluding hydrogens is 280 g/mol. The minimum atomic E-state index is -0.730. The van der Waals surface area contributed by atoms with Crippen LogP contribution in [0, 0.1) is 5.92 Å². The predicted octanol–water partition coefficient (Wildman–Crippen LogP) is 4.05. The van der Waals surface area contributed by atoms with Crippen molar-refractivity contribution in [1.82, 2.24) is 0 Å². The van der Waals surface area contributed by atoms with Gasteiger partial charge >= 0.3 is 5.97 Å². The van der Waals surface area contributed by atoms with Crippen LogP contribution in [0.5, 0.6) is 0 Å². The van der Waals surface area contributed by atoms with Gasteiger partial charge in [-0.05, 0) is 43.9 Å². The molecule has 0 fully saturated rings. The van der Waals surface area contributed by atoms with Crippen LogP contribution < -0.4 is 0 Å². The summed E-state index contributed by atoms with van der Waals surface area (Å²) in [4.78, 5) is 11.2. The molecule has 0 bridgehead atoms. The van der Waals surface area contributed by atoms with Crippen molar-refractivity contribution in [3.63, 3.8) is 0 Å². The zero-order valence-corrected chi connectivity index (χ0v) is 11.5. The molecule has 0 aliphatic carbocycles. The van der Waals surface area contributed by atoms with E-state index in [0.717, 1.165) is 22.0 Å². The van der Waals surface area contributed by atoms with Gasteiger partial charge in [-0.2, -0.15) is 0 Å². The standard InChI is InChI=1S/C14H17BrO2/c1-10(2)6-7-12(14(16)17)8-11-4-3-5-13(15)9-11/h3-5,9,12H,1,6-8H2,2H3,(H,16,17). The number of allylic oxidation sites excluding steroid dienone is 1. The number of carbonyl (C=O) groups is 1. The Kier molecular flexibility index (Phi) is 5.42. The topological polar surface area (TPSA) is 37.3 Å². The Morgan fingerprint density at radius 2 is 2.24 bits per heavy atom. The van der Waals surface area contributed by atoms with Crippen LogP contribution in [0.25, 0.3) is 0 Å². The van der Waals surface area contributed by atoms with Crippen LogP contribution in [0.4, 0.5) is 0 Å². The molecule has 1 N–H and O–H groups in total. The van der Waals surface area contributed by atoms with Crippen LogP contribution in [-0.4, -0.2) is 11.1 Å². The second kappa shape index (κ2) is 6.60. The van der Waals surface area contributed by atoms with Gasteiger partial charge in [0.15, 0.2) is 0 Å². The van der Waals surface area contributed by atoms with Crippen LogP contribution in [0.15, 0.2) is 40.9 Å². The smallest absolute Gasteiger partial charge is 0.306 e. The van der Waals surface area contributed by atoms with Crippen molar-refractivity contribution < 1.29 is 9.90 Å². The summed E-state index contributed by atoms with van der Waals surface area (Å²) in [6.45, 7) is 5.74. The molecule has 1 unspecified atom stereocenters. The van der Waals surface area contributed by atoms with Crippen molar-refractivity contribution >= 4 is 21.9 Å². The molecule has 17 heavy (non-hydrogen) atoms. The lowest BCUT2D eigenvalue weighted by atomic mass is 9.93. The van der Waals surface area contributed by atoms with Gasteiger partial charge in [0.2, 0.25) is 0 Å². The maximum absolute atomic E-state index is 11.2. The van der Waals surface area contributed by atoms with Crippen molar-refractivity contribution in [2.75, 3.05) is 0 Å². The Bertz CT molecular complexity index is 412. The second-order valence-corrected chi connectivity index (χ2v) is 5.28. The highest BCUT2D eigenvalue weighted by Crippen LogP contribution is 2.19. The van der Waals surface area contributed by atoms with Gasteiger partial charge in [-0.15, -0.1) is 6.58 Å². The van der Waals surface area contributed by atoms with Crippen LogP contribution in [0.3, 0.4) is 0 Å². The monoisotopic (exact) mass is 296 g/mol. The van der Waals surface area contributed by atoms with Crippen LogP contribution in [-0.2, 0) is 11.2 Å². The lowest BCUT2D eigenvalue weighted by Gasteiger charge is -2.12. The summed E-state index contributed by atoms with van der Waals surface area (Å²) in [5, 5.41) is 9.18. The number of hydrogen-bond acceptors (Lipinski definition) is 1. The molecule has 0 saturated carbocycles. The van der Waals surface area contributed by atoms with Gasteiger partial charge in [0.25, 0.3) is 0 Å². The van der Waals surface area contributed by atoms with E-state index in [4.69, 9.17) is 0 Å². The van der Waals surface area contributed by atoms with Crippen molar-refractivity contribution in [2.24, 2.45) is 5.92 Å². The van der Waals surface area contributed by atoms with E-state index in [-0.39, 0.29) is 5.92 Å². The highest BCUT2D eigenvalue weighted by Gasteiger charge is 2.17. The summed E-state index contributed by atoms with van der Waals surface area (Å²) < 4.78 is 0.985. The number of carboxylic acid groups (broad SMARTS) is 1. The Morgan fingerprint density at radius 3 is 2.76 bits per heavy atom. The minimum Gasteiger partial charge on any atom is -0.481 e. The van der Waals surface area contributed by atoms with Crippen LogP contribution >= 0.6 is 15.9 Å². The van der Waals surface area contributed by atoms with E-state index < -0.39 is 5.97 Å². The van der Waals surface area contributed by atoms with Crippen LogP contribution in [0.1, 0.15) is 25.3 Å². The minimum absolute atomic E-state index is 0.332. The van der Waals surface area contributed by atoms with Gasteiger partial charge in [-0.3, -0.25) is 4.79 Å². The normalized spacial score (nSPS) is 12.1. The van der Waals surface area contributed by atoms with Gasteiger partial charge in [0.1, 0.15) is 0 Å². The van der Waals surface area contributed by atoms with E-state index >= 15 is 0 Å². The van der Waals surface area contributed by atoms with E-state index in [0.29, 0.717) is 12.8 Å². The highest BCUT2D eigenvalue weighted by molar-refractivity contribution is 9.10. The maximum Gasteiger partial charge on any atom is 0.306 e. The third-order valence-corrected chi connectivity index (χ3v) is 3.13. The van der Waals surface area contributed by atoms with Crippen molar-refractivity contribution in [3.8, 4) is 0 Å². The van der Waals surface area contributed by atoms with E-state index in [1.165, 1.54) is 0 Å². The largest absolute Gasteiger partial charge is 0.481 e. The number of aliphatic carboxylic acids is 1. The fourth-order valence-electron chi connectivity index (χ4n) is 1.68. The first-order chi connectivity index (χ1) is 7.99. The average Bonchev–Trinajstić information content (AvgIpc) is 2.23. The highest BCUT2D eigenvalue weighted by atomic mass is 79.9. The molecule has 2 nitrogen and oxygen atoms in total. The van der Waals surface area contributed by atoms with Crippen LogP contribution in [0.2, 0.25) is 0 Å². The number of halogens is 1. The molecule has 0 saturated heterocycles. The second-order valence-electron chi connectivity index (χ2n) is 4.36. The predicted molar refractivity (Wildman–Crippen MR) is 73.0 cm³/mol. The lowest BCUT2D eigenvalue weighted by Crippen LogP contribution is -2.16. The molecule has 0 radical (unpaired) electrons. The summed E-state index contributed by atoms with van der Waals surface area (Å²) in [5.41, 5.74) is 2.08. The van der Waals surface area contributed by atoms with E-state index in [9.17, 15) is 9.90 Å². The van der Waals surface area contributed by atoms with Gasteiger partial charge in [0.05, 0.1) is 5.92 Å². The fraction of sp³-hybridized carbons (Fsp3) is 0.357. The lowest BCUT2D eigenvalue weighted by molar-refractivity contribution is -0.141. The molecule has 0 heterocycles.